The van der Waals surface area contributed by atoms with Gasteiger partial charge in [0.05, 0.1) is 0 Å². The number of pyridine rings is 1. The van der Waals surface area contributed by atoms with Crippen molar-refractivity contribution in [3.05, 3.63) is 29.6 Å². The topological polar surface area (TPSA) is 68.0 Å². The number of amides is 1. The third-order valence-corrected chi connectivity index (χ3v) is 2.73. The van der Waals surface area contributed by atoms with Crippen molar-refractivity contribution in [1.29, 1.82) is 0 Å². The summed E-state index contributed by atoms with van der Waals surface area (Å²) in [5.74, 6) is 0.102. The number of carbonyl (C=O) groups excluding carboxylic acids is 1. The minimum atomic E-state index is 0.102. The molecule has 1 amide bonds. The van der Waals surface area contributed by atoms with E-state index in [9.17, 15) is 4.79 Å². The summed E-state index contributed by atoms with van der Waals surface area (Å²) in [4.78, 5) is 15.6. The minimum absolute atomic E-state index is 0.102. The molecule has 0 aromatic carbocycles. The molecule has 0 saturated heterocycles. The van der Waals surface area contributed by atoms with Gasteiger partial charge in [-0.05, 0) is 43.5 Å². The monoisotopic (exact) mass is 235 g/mol. The third kappa shape index (κ3) is 5.45. The average Bonchev–Trinajstić information content (AvgIpc) is 2.34. The molecule has 1 rings (SSSR count). The van der Waals surface area contributed by atoms with Crippen LogP contribution >= 0.6 is 0 Å². The lowest BCUT2D eigenvalue weighted by Gasteiger charge is -2.07. The zero-order valence-corrected chi connectivity index (χ0v) is 10.4. The standard InChI is InChI=1S/C13H21N3O/c1-11-6-8-15-9-12(11)10-16-13(17)5-3-2-4-7-14/h6,8-9H,2-5,7,10,14H2,1H3,(H,16,17). The Balaban J connectivity index is 2.22. The maximum atomic E-state index is 11.5. The van der Waals surface area contributed by atoms with E-state index in [0.29, 0.717) is 19.5 Å². The summed E-state index contributed by atoms with van der Waals surface area (Å²) in [5.41, 5.74) is 7.62. The molecule has 17 heavy (non-hydrogen) atoms. The van der Waals surface area contributed by atoms with Gasteiger partial charge in [0.1, 0.15) is 0 Å². The first-order valence-corrected chi connectivity index (χ1v) is 6.10. The Bertz CT molecular complexity index is 352. The lowest BCUT2D eigenvalue weighted by molar-refractivity contribution is -0.121. The number of nitrogens with one attached hydrogen (secondary N) is 1. The number of unbranched alkanes of at least 4 members (excludes halogenated alkanes) is 2. The molecule has 4 nitrogen and oxygen atoms in total. The fraction of sp³-hybridized carbons (Fsp3) is 0.538. The quantitative estimate of drug-likeness (QED) is 0.704. The Hall–Kier alpha value is -1.42. The molecule has 0 saturated carbocycles. The van der Waals surface area contributed by atoms with Gasteiger partial charge in [0.2, 0.25) is 5.91 Å². The highest BCUT2D eigenvalue weighted by Gasteiger charge is 2.02. The van der Waals surface area contributed by atoms with E-state index in [-0.39, 0.29) is 5.91 Å². The molecular formula is C13H21N3O. The second-order valence-corrected chi connectivity index (χ2v) is 4.18. The lowest BCUT2D eigenvalue weighted by atomic mass is 10.1. The Morgan fingerprint density at radius 1 is 1.41 bits per heavy atom. The van der Waals surface area contributed by atoms with E-state index in [0.717, 1.165) is 30.4 Å². The second kappa shape index (κ2) is 7.79. The first-order chi connectivity index (χ1) is 8.24. The first-order valence-electron chi connectivity index (χ1n) is 6.10. The predicted molar refractivity (Wildman–Crippen MR) is 68.3 cm³/mol. The fourth-order valence-electron chi connectivity index (χ4n) is 1.57. The summed E-state index contributed by atoms with van der Waals surface area (Å²) in [5, 5.41) is 2.91. The number of hydrogen-bond donors (Lipinski definition) is 2. The number of carbonyl (C=O) groups is 1. The van der Waals surface area contributed by atoms with E-state index in [4.69, 9.17) is 5.73 Å². The summed E-state index contributed by atoms with van der Waals surface area (Å²) in [6.07, 6.45) is 7.07. The van der Waals surface area contributed by atoms with Crippen LogP contribution in [-0.4, -0.2) is 17.4 Å². The lowest BCUT2D eigenvalue weighted by Crippen LogP contribution is -2.22. The smallest absolute Gasteiger partial charge is 0.220 e. The molecule has 0 aliphatic rings. The maximum Gasteiger partial charge on any atom is 0.220 e. The Labute approximate surface area is 103 Å². The van der Waals surface area contributed by atoms with E-state index in [1.54, 1.807) is 12.4 Å². The highest BCUT2D eigenvalue weighted by molar-refractivity contribution is 5.75. The molecule has 0 spiro atoms. The largest absolute Gasteiger partial charge is 0.352 e. The van der Waals surface area contributed by atoms with Gasteiger partial charge in [-0.15, -0.1) is 0 Å². The van der Waals surface area contributed by atoms with Crippen molar-refractivity contribution in [2.75, 3.05) is 6.54 Å². The van der Waals surface area contributed by atoms with Crippen molar-refractivity contribution in [3.8, 4) is 0 Å². The Morgan fingerprint density at radius 2 is 2.24 bits per heavy atom. The highest BCUT2D eigenvalue weighted by atomic mass is 16.1. The molecule has 1 aromatic heterocycles. The van der Waals surface area contributed by atoms with Crippen LogP contribution in [0.3, 0.4) is 0 Å². The zero-order valence-electron chi connectivity index (χ0n) is 10.4. The predicted octanol–water partition coefficient (Wildman–Crippen LogP) is 1.53. The molecule has 1 heterocycles. The summed E-state index contributed by atoms with van der Waals surface area (Å²) >= 11 is 0. The van der Waals surface area contributed by atoms with Crippen molar-refractivity contribution in [3.63, 3.8) is 0 Å². The van der Waals surface area contributed by atoms with Gasteiger partial charge in [0.25, 0.3) is 0 Å². The summed E-state index contributed by atoms with van der Waals surface area (Å²) < 4.78 is 0. The Kier molecular flexibility index (Phi) is 6.25. The maximum absolute atomic E-state index is 11.5. The van der Waals surface area contributed by atoms with Crippen molar-refractivity contribution >= 4 is 5.91 Å². The molecule has 0 unspecified atom stereocenters. The fourth-order valence-corrected chi connectivity index (χ4v) is 1.57. The van der Waals surface area contributed by atoms with Gasteiger partial charge < -0.3 is 11.1 Å². The Morgan fingerprint density at radius 3 is 2.94 bits per heavy atom. The molecule has 0 aliphatic carbocycles. The van der Waals surface area contributed by atoms with E-state index in [1.165, 1.54) is 0 Å². The van der Waals surface area contributed by atoms with Crippen LogP contribution in [0.1, 0.15) is 36.8 Å². The molecule has 0 radical (unpaired) electrons. The first kappa shape index (κ1) is 13.6. The number of aromatic nitrogens is 1. The van der Waals surface area contributed by atoms with Crippen molar-refractivity contribution in [2.45, 2.75) is 39.2 Å². The van der Waals surface area contributed by atoms with Crippen LogP contribution in [0.25, 0.3) is 0 Å². The van der Waals surface area contributed by atoms with Crippen molar-refractivity contribution in [2.24, 2.45) is 5.73 Å². The number of aryl methyl sites for hydroxylation is 1. The van der Waals surface area contributed by atoms with Crippen LogP contribution in [-0.2, 0) is 11.3 Å². The van der Waals surface area contributed by atoms with E-state index in [1.807, 2.05) is 13.0 Å². The van der Waals surface area contributed by atoms with E-state index in [2.05, 4.69) is 10.3 Å². The summed E-state index contributed by atoms with van der Waals surface area (Å²) in [6.45, 7) is 3.29. The normalized spacial score (nSPS) is 10.2. The van der Waals surface area contributed by atoms with Gasteiger partial charge in [-0.25, -0.2) is 0 Å². The molecule has 0 bridgehead atoms. The van der Waals surface area contributed by atoms with Crippen LogP contribution in [0, 0.1) is 6.92 Å². The molecule has 4 heteroatoms. The molecular weight excluding hydrogens is 214 g/mol. The third-order valence-electron chi connectivity index (χ3n) is 2.73. The van der Waals surface area contributed by atoms with Crippen molar-refractivity contribution < 1.29 is 4.79 Å². The van der Waals surface area contributed by atoms with Crippen LogP contribution in [0.4, 0.5) is 0 Å². The zero-order chi connectivity index (χ0) is 12.5. The van der Waals surface area contributed by atoms with Crippen LogP contribution in [0.2, 0.25) is 0 Å². The molecule has 0 fully saturated rings. The number of rotatable bonds is 7. The highest BCUT2D eigenvalue weighted by Crippen LogP contribution is 2.04. The minimum Gasteiger partial charge on any atom is -0.352 e. The molecule has 0 aliphatic heterocycles. The van der Waals surface area contributed by atoms with Gasteiger partial charge in [0.15, 0.2) is 0 Å². The van der Waals surface area contributed by atoms with Gasteiger partial charge in [-0.2, -0.15) is 0 Å². The van der Waals surface area contributed by atoms with Gasteiger partial charge >= 0.3 is 0 Å². The van der Waals surface area contributed by atoms with Gasteiger partial charge in [-0.3, -0.25) is 9.78 Å². The van der Waals surface area contributed by atoms with E-state index >= 15 is 0 Å². The SMILES string of the molecule is Cc1ccncc1CNC(=O)CCCCCN. The van der Waals surface area contributed by atoms with Crippen LogP contribution < -0.4 is 11.1 Å². The van der Waals surface area contributed by atoms with Crippen molar-refractivity contribution in [1.82, 2.24) is 10.3 Å². The molecule has 1 aromatic rings. The number of nitrogens with zero attached hydrogens (tertiary/aromatic N) is 1. The van der Waals surface area contributed by atoms with E-state index < -0.39 is 0 Å². The van der Waals surface area contributed by atoms with Gasteiger partial charge in [0, 0.05) is 25.4 Å². The summed E-state index contributed by atoms with van der Waals surface area (Å²) in [7, 11) is 0. The van der Waals surface area contributed by atoms with Crippen LogP contribution in [0.15, 0.2) is 18.5 Å². The number of hydrogen-bond acceptors (Lipinski definition) is 3. The molecule has 94 valence electrons. The molecule has 0 atom stereocenters. The van der Waals surface area contributed by atoms with Crippen LogP contribution in [0.5, 0.6) is 0 Å². The average molecular weight is 235 g/mol. The number of nitrogens with two attached hydrogens (primary N) is 1. The summed E-state index contributed by atoms with van der Waals surface area (Å²) in [6, 6.07) is 1.95. The molecule has 3 N–H and O–H groups in total. The van der Waals surface area contributed by atoms with Gasteiger partial charge in [-0.1, -0.05) is 6.42 Å². The second-order valence-electron chi connectivity index (χ2n) is 4.18.